The van der Waals surface area contributed by atoms with Crippen molar-refractivity contribution in [3.63, 3.8) is 0 Å². The maximum atomic E-state index is 14.0. The molecule has 0 aliphatic carbocycles. The predicted octanol–water partition coefficient (Wildman–Crippen LogP) is 1.87. The zero-order valence-corrected chi connectivity index (χ0v) is 26.7. The first kappa shape index (κ1) is 36.8. The largest absolute Gasteiger partial charge is 0.480 e. The van der Waals surface area contributed by atoms with E-state index in [0.717, 1.165) is 0 Å². The summed E-state index contributed by atoms with van der Waals surface area (Å²) in [6, 6.07) is -3.36. The molecule has 5 unspecified atom stereocenters. The molecule has 4 amide bonds. The van der Waals surface area contributed by atoms with Crippen LogP contribution in [0.25, 0.3) is 0 Å². The summed E-state index contributed by atoms with van der Waals surface area (Å²) in [5, 5.41) is 16.2. The fraction of sp³-hybridized carbons (Fsp3) is 0.793. The van der Waals surface area contributed by atoms with Crippen molar-refractivity contribution in [3.8, 4) is 0 Å². The van der Waals surface area contributed by atoms with Crippen LogP contribution >= 0.6 is 0 Å². The molecule has 1 heterocycles. The molecule has 0 saturated carbocycles. The van der Waals surface area contributed by atoms with E-state index in [2.05, 4.69) is 10.6 Å². The molecule has 0 aromatic rings. The standard InChI is InChI=1S/C29H50N4O9/c1-11-17(4)21(22(36)25(38)30-13-20(34)35)31-24(37)19-12-18(42-29(8,9)10)14-33(19)26(39)23(28(5,6)7)32-27(40)41-15-16(2)3/h16-19,21,23H,11-15H2,1-10H3,(H,30,38)(H,31,37)(H,32,40)(H,34,35). The van der Waals surface area contributed by atoms with Crippen LogP contribution < -0.4 is 16.0 Å². The van der Waals surface area contributed by atoms with Gasteiger partial charge in [-0.25, -0.2) is 4.79 Å². The Bertz CT molecular complexity index is 1000. The predicted molar refractivity (Wildman–Crippen MR) is 154 cm³/mol. The van der Waals surface area contributed by atoms with Crippen LogP contribution in [0.3, 0.4) is 0 Å². The van der Waals surface area contributed by atoms with Crippen molar-refractivity contribution < 1.29 is 43.3 Å². The Morgan fingerprint density at radius 1 is 0.976 bits per heavy atom. The number of carboxylic acid groups (broad SMARTS) is 1. The first-order valence-corrected chi connectivity index (χ1v) is 14.4. The number of hydrogen-bond acceptors (Lipinski definition) is 8. The van der Waals surface area contributed by atoms with Crippen molar-refractivity contribution in [2.45, 2.75) is 112 Å². The molecular formula is C29H50N4O9. The zero-order chi connectivity index (χ0) is 32.6. The van der Waals surface area contributed by atoms with Gasteiger partial charge in [-0.1, -0.05) is 54.9 Å². The van der Waals surface area contributed by atoms with Gasteiger partial charge in [0, 0.05) is 13.0 Å². The second kappa shape index (κ2) is 15.3. The fourth-order valence-corrected chi connectivity index (χ4v) is 4.43. The van der Waals surface area contributed by atoms with Gasteiger partial charge in [0.25, 0.3) is 5.91 Å². The molecule has 13 heteroatoms. The molecule has 1 aliphatic rings. The summed E-state index contributed by atoms with van der Waals surface area (Å²) >= 11 is 0. The Balaban J connectivity index is 3.34. The molecule has 0 spiro atoms. The van der Waals surface area contributed by atoms with Crippen LogP contribution in [0.2, 0.25) is 0 Å². The van der Waals surface area contributed by atoms with Crippen LogP contribution in [0.1, 0.15) is 82.1 Å². The van der Waals surface area contributed by atoms with Crippen LogP contribution in [-0.2, 0) is 33.4 Å². The lowest BCUT2D eigenvalue weighted by molar-refractivity contribution is -0.145. The minimum absolute atomic E-state index is 0.0601. The number of hydrogen-bond donors (Lipinski definition) is 4. The lowest BCUT2D eigenvalue weighted by Gasteiger charge is -2.35. The number of amides is 4. The normalized spacial score (nSPS) is 19.5. The molecule has 240 valence electrons. The Kier molecular flexibility index (Phi) is 13.4. The van der Waals surface area contributed by atoms with Gasteiger partial charge in [0.15, 0.2) is 0 Å². The highest BCUT2D eigenvalue weighted by Crippen LogP contribution is 2.29. The van der Waals surface area contributed by atoms with Gasteiger partial charge in [0.2, 0.25) is 17.6 Å². The number of rotatable bonds is 13. The van der Waals surface area contributed by atoms with Gasteiger partial charge in [-0.3, -0.25) is 24.0 Å². The van der Waals surface area contributed by atoms with Gasteiger partial charge in [-0.15, -0.1) is 0 Å². The van der Waals surface area contributed by atoms with Gasteiger partial charge < -0.3 is 35.4 Å². The average Bonchev–Trinajstić information content (AvgIpc) is 3.27. The maximum Gasteiger partial charge on any atom is 0.407 e. The molecule has 0 aromatic heterocycles. The lowest BCUT2D eigenvalue weighted by Crippen LogP contribution is -2.59. The summed E-state index contributed by atoms with van der Waals surface area (Å²) in [4.78, 5) is 77.8. The van der Waals surface area contributed by atoms with Gasteiger partial charge >= 0.3 is 12.1 Å². The van der Waals surface area contributed by atoms with Crippen LogP contribution in [-0.4, -0.2) is 95.1 Å². The molecule has 1 fully saturated rings. The van der Waals surface area contributed by atoms with Crippen molar-refractivity contribution in [1.29, 1.82) is 0 Å². The third-order valence-electron chi connectivity index (χ3n) is 6.71. The van der Waals surface area contributed by atoms with Crippen LogP contribution in [0.5, 0.6) is 0 Å². The number of carbonyl (C=O) groups is 6. The number of ether oxygens (including phenoxy) is 2. The molecule has 0 bridgehead atoms. The topological polar surface area (TPSA) is 180 Å². The Morgan fingerprint density at radius 2 is 1.57 bits per heavy atom. The molecule has 1 rings (SSSR count). The average molecular weight is 599 g/mol. The third kappa shape index (κ3) is 11.6. The number of nitrogens with one attached hydrogen (secondary N) is 3. The van der Waals surface area contributed by atoms with Crippen molar-refractivity contribution in [2.24, 2.45) is 17.3 Å². The highest BCUT2D eigenvalue weighted by molar-refractivity contribution is 6.38. The summed E-state index contributed by atoms with van der Waals surface area (Å²) in [7, 11) is 0. The van der Waals surface area contributed by atoms with Crippen LogP contribution in [0, 0.1) is 17.3 Å². The molecule has 13 nitrogen and oxygen atoms in total. The smallest absolute Gasteiger partial charge is 0.407 e. The first-order chi connectivity index (χ1) is 19.2. The number of likely N-dealkylation sites (tertiary alicyclic amines) is 1. The first-order valence-electron chi connectivity index (χ1n) is 14.4. The van der Waals surface area contributed by atoms with E-state index in [9.17, 15) is 28.8 Å². The number of carbonyl (C=O) groups excluding carboxylic acids is 5. The quantitative estimate of drug-likeness (QED) is 0.230. The number of Topliss-reactive ketones (excluding diaryl/α,β-unsaturated/α-hetero) is 1. The molecule has 4 N–H and O–H groups in total. The molecule has 1 saturated heterocycles. The van der Waals surface area contributed by atoms with Gasteiger partial charge in [-0.05, 0) is 38.0 Å². The molecule has 42 heavy (non-hydrogen) atoms. The monoisotopic (exact) mass is 598 g/mol. The van der Waals surface area contributed by atoms with E-state index >= 15 is 0 Å². The van der Waals surface area contributed by atoms with Crippen molar-refractivity contribution in [1.82, 2.24) is 20.9 Å². The summed E-state index contributed by atoms with van der Waals surface area (Å²) in [6.45, 7) is 17.6. The molecular weight excluding hydrogens is 548 g/mol. The second-order valence-corrected chi connectivity index (χ2v) is 13.3. The summed E-state index contributed by atoms with van der Waals surface area (Å²) in [5.74, 6) is -5.00. The molecule has 1 aliphatic heterocycles. The Labute approximate surface area is 248 Å². The van der Waals surface area contributed by atoms with Gasteiger partial charge in [0.05, 0.1) is 24.4 Å². The van der Waals surface area contributed by atoms with Crippen LogP contribution in [0.15, 0.2) is 0 Å². The van der Waals surface area contributed by atoms with E-state index in [1.807, 2.05) is 39.9 Å². The minimum Gasteiger partial charge on any atom is -0.480 e. The van der Waals surface area contributed by atoms with E-state index in [0.29, 0.717) is 6.42 Å². The maximum absolute atomic E-state index is 14.0. The van der Waals surface area contributed by atoms with Crippen LogP contribution in [0.4, 0.5) is 4.79 Å². The molecule has 0 radical (unpaired) electrons. The Hall–Kier alpha value is -3.22. The van der Waals surface area contributed by atoms with E-state index in [1.54, 1.807) is 34.6 Å². The van der Waals surface area contributed by atoms with Gasteiger partial charge in [-0.2, -0.15) is 0 Å². The number of aliphatic carboxylic acids is 1. The highest BCUT2D eigenvalue weighted by atomic mass is 16.5. The van der Waals surface area contributed by atoms with E-state index < -0.39 is 83.3 Å². The minimum atomic E-state index is -1.32. The summed E-state index contributed by atoms with van der Waals surface area (Å²) in [6.07, 6.45) is -0.722. The highest BCUT2D eigenvalue weighted by Gasteiger charge is 2.47. The van der Waals surface area contributed by atoms with Crippen molar-refractivity contribution in [3.05, 3.63) is 0 Å². The summed E-state index contributed by atoms with van der Waals surface area (Å²) < 4.78 is 11.4. The van der Waals surface area contributed by atoms with E-state index in [1.165, 1.54) is 4.90 Å². The molecule has 5 atom stereocenters. The van der Waals surface area contributed by atoms with E-state index in [-0.39, 0.29) is 25.5 Å². The Morgan fingerprint density at radius 3 is 2.05 bits per heavy atom. The number of carboxylic acids is 1. The summed E-state index contributed by atoms with van der Waals surface area (Å²) in [5.41, 5.74) is -1.33. The molecule has 0 aromatic carbocycles. The van der Waals surface area contributed by atoms with Crippen molar-refractivity contribution >= 4 is 35.6 Å². The third-order valence-corrected chi connectivity index (χ3v) is 6.71. The fourth-order valence-electron chi connectivity index (χ4n) is 4.43. The van der Waals surface area contributed by atoms with Crippen molar-refractivity contribution in [2.75, 3.05) is 19.7 Å². The number of nitrogens with zero attached hydrogens (tertiary/aromatic N) is 1. The zero-order valence-electron chi connectivity index (χ0n) is 26.7. The van der Waals surface area contributed by atoms with Gasteiger partial charge in [0.1, 0.15) is 18.6 Å². The number of ketones is 1. The second-order valence-electron chi connectivity index (χ2n) is 13.3. The lowest BCUT2D eigenvalue weighted by atomic mass is 9.85. The SMILES string of the molecule is CCC(C)C(NC(=O)C1CC(OC(C)(C)C)CN1C(=O)C(NC(=O)OCC(C)C)C(C)(C)C)C(=O)C(=O)NCC(=O)O. The van der Waals surface area contributed by atoms with E-state index in [4.69, 9.17) is 14.6 Å². The number of alkyl carbamates (subject to hydrolysis) is 1.